The summed E-state index contributed by atoms with van der Waals surface area (Å²) in [4.78, 5) is 31.5. The highest BCUT2D eigenvalue weighted by Crippen LogP contribution is 2.33. The van der Waals surface area contributed by atoms with Gasteiger partial charge >= 0.3 is 5.97 Å². The SMILES string of the molecule is CC1CCC(C(=O)N(c2nn(-c3ccc(-c4cc5cccnc5o4)cc3)cc2C(=O)O)C(C)C)CC1. The number of pyridine rings is 1. The molecule has 0 atom stereocenters. The summed E-state index contributed by atoms with van der Waals surface area (Å²) in [6.45, 7) is 6.00. The molecule has 1 N–H and O–H groups in total. The summed E-state index contributed by atoms with van der Waals surface area (Å²) in [5.74, 6) is 0.244. The predicted octanol–water partition coefficient (Wildman–Crippen LogP) is 5.95. The van der Waals surface area contributed by atoms with E-state index in [0.717, 1.165) is 36.6 Å². The van der Waals surface area contributed by atoms with Crippen LogP contribution in [0.2, 0.25) is 0 Å². The Balaban J connectivity index is 1.46. The zero-order chi connectivity index (χ0) is 25.4. The first kappa shape index (κ1) is 23.8. The van der Waals surface area contributed by atoms with E-state index in [4.69, 9.17) is 4.42 Å². The van der Waals surface area contributed by atoms with Crippen molar-refractivity contribution >= 4 is 28.8 Å². The normalized spacial score (nSPS) is 18.0. The summed E-state index contributed by atoms with van der Waals surface area (Å²) in [7, 11) is 0. The Hall–Kier alpha value is -3.94. The van der Waals surface area contributed by atoms with Crippen LogP contribution < -0.4 is 4.90 Å². The number of nitrogens with zero attached hydrogens (tertiary/aromatic N) is 4. The first-order valence-electron chi connectivity index (χ1n) is 12.4. The highest BCUT2D eigenvalue weighted by molar-refractivity contribution is 6.01. The first-order chi connectivity index (χ1) is 17.3. The Labute approximate surface area is 209 Å². The number of carbonyl (C=O) groups is 2. The Morgan fingerprint density at radius 3 is 2.47 bits per heavy atom. The molecule has 5 rings (SSSR count). The number of aromatic carboxylic acids is 1. The van der Waals surface area contributed by atoms with E-state index < -0.39 is 5.97 Å². The molecule has 0 aliphatic heterocycles. The molecule has 3 heterocycles. The van der Waals surface area contributed by atoms with Crippen molar-refractivity contribution in [2.75, 3.05) is 4.90 Å². The smallest absolute Gasteiger partial charge is 0.341 e. The molecule has 1 aromatic carbocycles. The summed E-state index contributed by atoms with van der Waals surface area (Å²) in [6.07, 6.45) is 6.83. The standard InChI is InChI=1S/C28H30N4O4/c1-17(2)32(27(33)20-8-6-18(3)7-9-20)25-23(28(34)35)16-31(30-25)22-12-10-19(11-13-22)24-15-21-5-4-14-29-26(21)36-24/h4-5,10-18,20H,6-9H2,1-3H3,(H,34,35). The van der Waals surface area contributed by atoms with Gasteiger partial charge in [0.25, 0.3) is 0 Å². The first-order valence-corrected chi connectivity index (χ1v) is 12.4. The molecule has 0 unspecified atom stereocenters. The Morgan fingerprint density at radius 2 is 1.83 bits per heavy atom. The molecule has 186 valence electrons. The molecule has 4 aromatic rings. The van der Waals surface area contributed by atoms with E-state index in [-0.39, 0.29) is 29.2 Å². The molecule has 1 aliphatic rings. The van der Waals surface area contributed by atoms with Crippen molar-refractivity contribution < 1.29 is 19.1 Å². The molecule has 0 spiro atoms. The van der Waals surface area contributed by atoms with Gasteiger partial charge < -0.3 is 9.52 Å². The molecule has 1 amide bonds. The van der Waals surface area contributed by atoms with Gasteiger partial charge in [0.1, 0.15) is 11.3 Å². The number of anilines is 1. The average Bonchev–Trinajstić information content (AvgIpc) is 3.49. The van der Waals surface area contributed by atoms with Crippen molar-refractivity contribution in [1.29, 1.82) is 0 Å². The van der Waals surface area contributed by atoms with E-state index in [0.29, 0.717) is 23.1 Å². The van der Waals surface area contributed by atoms with Crippen molar-refractivity contribution in [3.8, 4) is 17.0 Å². The maximum atomic E-state index is 13.5. The van der Waals surface area contributed by atoms with Gasteiger partial charge in [0.05, 0.1) is 5.69 Å². The predicted molar refractivity (Wildman–Crippen MR) is 137 cm³/mol. The van der Waals surface area contributed by atoms with Gasteiger partial charge in [-0.25, -0.2) is 14.5 Å². The zero-order valence-electron chi connectivity index (χ0n) is 20.7. The van der Waals surface area contributed by atoms with Crippen molar-refractivity contribution in [3.05, 3.63) is 60.4 Å². The number of carboxylic acid groups (broad SMARTS) is 1. The Morgan fingerprint density at radius 1 is 1.11 bits per heavy atom. The number of furan rings is 1. The summed E-state index contributed by atoms with van der Waals surface area (Å²) < 4.78 is 7.37. The van der Waals surface area contributed by atoms with Gasteiger partial charge in [-0.15, -0.1) is 5.10 Å². The van der Waals surface area contributed by atoms with E-state index >= 15 is 0 Å². The molecule has 8 nitrogen and oxygen atoms in total. The van der Waals surface area contributed by atoms with Crippen LogP contribution in [0.4, 0.5) is 5.82 Å². The minimum Gasteiger partial charge on any atom is -0.477 e. The maximum Gasteiger partial charge on any atom is 0.341 e. The second-order valence-electron chi connectivity index (χ2n) is 9.93. The molecular formula is C28H30N4O4. The second kappa shape index (κ2) is 9.60. The minimum absolute atomic E-state index is 0.00802. The quantitative estimate of drug-likeness (QED) is 0.362. The fraction of sp³-hybridized carbons (Fsp3) is 0.357. The van der Waals surface area contributed by atoms with Gasteiger partial charge in [-0.05, 0) is 87.9 Å². The molecule has 0 radical (unpaired) electrons. The number of benzene rings is 1. The highest BCUT2D eigenvalue weighted by atomic mass is 16.4. The van der Waals surface area contributed by atoms with Gasteiger partial charge in [0.15, 0.2) is 5.82 Å². The molecule has 3 aromatic heterocycles. The van der Waals surface area contributed by atoms with Crippen LogP contribution in [-0.2, 0) is 4.79 Å². The lowest BCUT2D eigenvalue weighted by molar-refractivity contribution is -0.124. The number of amides is 1. The van der Waals surface area contributed by atoms with E-state index in [1.807, 2.05) is 56.3 Å². The van der Waals surface area contributed by atoms with Crippen LogP contribution in [0, 0.1) is 11.8 Å². The van der Waals surface area contributed by atoms with Crippen LogP contribution in [0.15, 0.2) is 59.3 Å². The highest BCUT2D eigenvalue weighted by Gasteiger charge is 2.34. The topological polar surface area (TPSA) is 101 Å². The molecule has 36 heavy (non-hydrogen) atoms. The summed E-state index contributed by atoms with van der Waals surface area (Å²) in [5, 5.41) is 15.5. The van der Waals surface area contributed by atoms with Crippen molar-refractivity contribution in [2.45, 2.75) is 52.5 Å². The lowest BCUT2D eigenvalue weighted by atomic mass is 9.82. The molecular weight excluding hydrogens is 456 g/mol. The number of aromatic nitrogens is 3. The van der Waals surface area contributed by atoms with Gasteiger partial charge in [0.2, 0.25) is 11.6 Å². The summed E-state index contributed by atoms with van der Waals surface area (Å²) >= 11 is 0. The number of rotatable bonds is 6. The third-order valence-electron chi connectivity index (χ3n) is 6.98. The summed E-state index contributed by atoms with van der Waals surface area (Å²) in [6, 6.07) is 13.0. The third kappa shape index (κ3) is 4.51. The van der Waals surface area contributed by atoms with E-state index in [1.165, 1.54) is 10.9 Å². The lowest BCUT2D eigenvalue weighted by Crippen LogP contribution is -2.43. The van der Waals surface area contributed by atoms with Crippen molar-refractivity contribution in [3.63, 3.8) is 0 Å². The van der Waals surface area contributed by atoms with Crippen LogP contribution in [0.3, 0.4) is 0 Å². The van der Waals surface area contributed by atoms with E-state index in [2.05, 4.69) is 17.0 Å². The molecule has 0 saturated heterocycles. The van der Waals surface area contributed by atoms with Gasteiger partial charge in [-0.3, -0.25) is 9.69 Å². The number of hydrogen-bond donors (Lipinski definition) is 1. The van der Waals surface area contributed by atoms with E-state index in [9.17, 15) is 14.7 Å². The average molecular weight is 487 g/mol. The minimum atomic E-state index is -1.11. The van der Waals surface area contributed by atoms with Crippen LogP contribution in [0.1, 0.15) is 56.8 Å². The number of fused-ring (bicyclic) bond motifs is 1. The fourth-order valence-electron chi connectivity index (χ4n) is 4.93. The zero-order valence-corrected chi connectivity index (χ0v) is 20.7. The van der Waals surface area contributed by atoms with E-state index in [1.54, 1.807) is 11.1 Å². The molecule has 1 aliphatic carbocycles. The number of hydrogen-bond acceptors (Lipinski definition) is 5. The monoisotopic (exact) mass is 486 g/mol. The van der Waals surface area contributed by atoms with Gasteiger partial charge in [-0.2, -0.15) is 0 Å². The van der Waals surface area contributed by atoms with Crippen molar-refractivity contribution in [2.24, 2.45) is 11.8 Å². The van der Waals surface area contributed by atoms with Gasteiger partial charge in [0, 0.05) is 35.3 Å². The third-order valence-corrected chi connectivity index (χ3v) is 6.98. The largest absolute Gasteiger partial charge is 0.477 e. The van der Waals surface area contributed by atoms with Crippen LogP contribution in [-0.4, -0.2) is 37.8 Å². The van der Waals surface area contributed by atoms with Crippen molar-refractivity contribution in [1.82, 2.24) is 14.8 Å². The fourth-order valence-corrected chi connectivity index (χ4v) is 4.93. The molecule has 1 saturated carbocycles. The maximum absolute atomic E-state index is 13.5. The lowest BCUT2D eigenvalue weighted by Gasteiger charge is -2.32. The Kier molecular flexibility index (Phi) is 6.35. The molecule has 0 bridgehead atoms. The van der Waals surface area contributed by atoms with Crippen LogP contribution in [0.25, 0.3) is 28.1 Å². The Bertz CT molecular complexity index is 1360. The molecule has 8 heteroatoms. The number of carboxylic acids is 1. The molecule has 1 fully saturated rings. The van der Waals surface area contributed by atoms with Crippen LogP contribution in [0.5, 0.6) is 0 Å². The summed E-state index contributed by atoms with van der Waals surface area (Å²) in [5.41, 5.74) is 2.14. The number of carbonyl (C=O) groups excluding carboxylic acids is 1. The van der Waals surface area contributed by atoms with Crippen LogP contribution >= 0.6 is 0 Å². The van der Waals surface area contributed by atoms with Gasteiger partial charge in [-0.1, -0.05) is 6.92 Å². The second-order valence-corrected chi connectivity index (χ2v) is 9.93.